The lowest BCUT2D eigenvalue weighted by Gasteiger charge is -2.34. The average molecular weight is 298 g/mol. The molecule has 4 N–H and O–H groups in total. The van der Waals surface area contributed by atoms with Gasteiger partial charge < -0.3 is 21.0 Å². The van der Waals surface area contributed by atoms with Gasteiger partial charge in [0.2, 0.25) is 5.91 Å². The number of rotatable bonds is 4. The highest BCUT2D eigenvalue weighted by atomic mass is 32.1. The van der Waals surface area contributed by atoms with Gasteiger partial charge in [-0.1, -0.05) is 5.16 Å². The second kappa shape index (κ2) is 6.19. The molecular weight excluding hydrogens is 280 g/mol. The standard InChI is InChI=1S/C12H18N4O3S/c1-8-7-20-9(15-8)6-14-11(17)12(10(13)16-18)2-4-19-5-3-12/h7,18H,2-6H2,1H3,(H2,13,16)(H,14,17). The number of thiazole rings is 1. The summed E-state index contributed by atoms with van der Waals surface area (Å²) in [5.41, 5.74) is 5.67. The molecule has 7 nitrogen and oxygen atoms in total. The summed E-state index contributed by atoms with van der Waals surface area (Å²) in [5, 5.41) is 17.5. The summed E-state index contributed by atoms with van der Waals surface area (Å²) in [6, 6.07) is 0. The SMILES string of the molecule is Cc1csc(CNC(=O)C2(C(N)=NO)CCOCC2)n1. The van der Waals surface area contributed by atoms with Crippen molar-refractivity contribution >= 4 is 23.1 Å². The number of oxime groups is 1. The summed E-state index contributed by atoms with van der Waals surface area (Å²) < 4.78 is 5.25. The normalized spacial score (nSPS) is 18.8. The van der Waals surface area contributed by atoms with Crippen molar-refractivity contribution in [2.45, 2.75) is 26.3 Å². The molecule has 0 saturated carbocycles. The zero-order valence-electron chi connectivity index (χ0n) is 11.3. The minimum Gasteiger partial charge on any atom is -0.409 e. The molecule has 1 aromatic rings. The van der Waals surface area contributed by atoms with Crippen LogP contribution >= 0.6 is 11.3 Å². The maximum absolute atomic E-state index is 12.4. The van der Waals surface area contributed by atoms with Gasteiger partial charge in [0.15, 0.2) is 5.84 Å². The number of aromatic nitrogens is 1. The molecule has 0 atom stereocenters. The molecule has 0 unspecified atom stereocenters. The smallest absolute Gasteiger partial charge is 0.234 e. The fraction of sp³-hybridized carbons (Fsp3) is 0.583. The summed E-state index contributed by atoms with van der Waals surface area (Å²) in [6.45, 7) is 3.08. The van der Waals surface area contributed by atoms with E-state index in [0.717, 1.165) is 10.7 Å². The fourth-order valence-corrected chi connectivity index (χ4v) is 2.94. The Hall–Kier alpha value is -1.67. The fourth-order valence-electron chi connectivity index (χ4n) is 2.22. The maximum atomic E-state index is 12.4. The Labute approximate surface area is 120 Å². The van der Waals surface area contributed by atoms with Crippen LogP contribution in [0.2, 0.25) is 0 Å². The number of nitrogens with one attached hydrogen (secondary N) is 1. The number of carbonyl (C=O) groups is 1. The lowest BCUT2D eigenvalue weighted by Crippen LogP contribution is -2.52. The van der Waals surface area contributed by atoms with E-state index in [1.807, 2.05) is 12.3 Å². The number of hydrogen-bond acceptors (Lipinski definition) is 6. The average Bonchev–Trinajstić information content (AvgIpc) is 2.90. The molecule has 2 heterocycles. The van der Waals surface area contributed by atoms with E-state index < -0.39 is 5.41 Å². The van der Waals surface area contributed by atoms with Crippen LogP contribution < -0.4 is 11.1 Å². The van der Waals surface area contributed by atoms with Gasteiger partial charge in [0.25, 0.3) is 0 Å². The quantitative estimate of drug-likeness (QED) is 0.326. The molecule has 0 aromatic carbocycles. The van der Waals surface area contributed by atoms with Crippen molar-refractivity contribution in [3.63, 3.8) is 0 Å². The summed E-state index contributed by atoms with van der Waals surface area (Å²) in [6.07, 6.45) is 0.817. The highest BCUT2D eigenvalue weighted by Gasteiger charge is 2.44. The van der Waals surface area contributed by atoms with Gasteiger partial charge in [0.1, 0.15) is 10.4 Å². The molecule has 0 spiro atoms. The Kier molecular flexibility index (Phi) is 4.56. The topological polar surface area (TPSA) is 110 Å². The summed E-state index contributed by atoms with van der Waals surface area (Å²) in [4.78, 5) is 16.7. The van der Waals surface area contributed by atoms with E-state index >= 15 is 0 Å². The highest BCUT2D eigenvalue weighted by molar-refractivity contribution is 7.09. The van der Waals surface area contributed by atoms with Crippen LogP contribution in [0.25, 0.3) is 0 Å². The Morgan fingerprint density at radius 1 is 1.65 bits per heavy atom. The molecule has 1 saturated heterocycles. The molecule has 0 radical (unpaired) electrons. The molecular formula is C12H18N4O3S. The number of ether oxygens (including phenoxy) is 1. The van der Waals surface area contributed by atoms with Crippen LogP contribution in [-0.2, 0) is 16.1 Å². The second-order valence-electron chi connectivity index (χ2n) is 4.75. The van der Waals surface area contributed by atoms with Crippen molar-refractivity contribution in [2.75, 3.05) is 13.2 Å². The third-order valence-electron chi connectivity index (χ3n) is 3.45. The van der Waals surface area contributed by atoms with E-state index in [1.54, 1.807) is 0 Å². The highest BCUT2D eigenvalue weighted by Crippen LogP contribution is 2.31. The number of nitrogens with zero attached hydrogens (tertiary/aromatic N) is 2. The number of amides is 1. The zero-order chi connectivity index (χ0) is 14.6. The third kappa shape index (κ3) is 2.91. The van der Waals surface area contributed by atoms with Crippen molar-refractivity contribution < 1.29 is 14.7 Å². The van der Waals surface area contributed by atoms with E-state index in [-0.39, 0.29) is 11.7 Å². The summed E-state index contributed by atoms with van der Waals surface area (Å²) >= 11 is 1.49. The Balaban J connectivity index is 2.07. The third-order valence-corrected chi connectivity index (χ3v) is 4.41. The number of nitrogens with two attached hydrogens (primary N) is 1. The van der Waals surface area contributed by atoms with Gasteiger partial charge in [-0.25, -0.2) is 4.98 Å². The first kappa shape index (κ1) is 14.7. The molecule has 1 aliphatic heterocycles. The maximum Gasteiger partial charge on any atom is 0.234 e. The summed E-state index contributed by atoms with van der Waals surface area (Å²) in [7, 11) is 0. The Morgan fingerprint density at radius 3 is 2.90 bits per heavy atom. The van der Waals surface area contributed by atoms with Gasteiger partial charge in [0.05, 0.1) is 6.54 Å². The number of aryl methyl sites for hydroxylation is 1. The Bertz CT molecular complexity index is 509. The van der Waals surface area contributed by atoms with E-state index in [9.17, 15) is 4.79 Å². The van der Waals surface area contributed by atoms with E-state index in [2.05, 4.69) is 15.5 Å². The Morgan fingerprint density at radius 2 is 2.35 bits per heavy atom. The van der Waals surface area contributed by atoms with Crippen molar-refractivity contribution in [3.8, 4) is 0 Å². The predicted octanol–water partition coefficient (Wildman–Crippen LogP) is 0.611. The van der Waals surface area contributed by atoms with Crippen LogP contribution in [-0.4, -0.2) is 35.1 Å². The van der Waals surface area contributed by atoms with Crippen LogP contribution in [0, 0.1) is 12.3 Å². The van der Waals surface area contributed by atoms with Gasteiger partial charge in [0, 0.05) is 24.3 Å². The molecule has 1 aliphatic rings. The van der Waals surface area contributed by atoms with Crippen LogP contribution in [0.1, 0.15) is 23.5 Å². The molecule has 110 valence electrons. The van der Waals surface area contributed by atoms with Gasteiger partial charge in [-0.3, -0.25) is 4.79 Å². The minimum absolute atomic E-state index is 0.0615. The molecule has 8 heteroatoms. The van der Waals surface area contributed by atoms with Crippen molar-refractivity contribution in [3.05, 3.63) is 16.1 Å². The minimum atomic E-state index is -0.987. The second-order valence-corrected chi connectivity index (χ2v) is 5.69. The molecule has 20 heavy (non-hydrogen) atoms. The van der Waals surface area contributed by atoms with Crippen LogP contribution in [0.4, 0.5) is 0 Å². The zero-order valence-corrected chi connectivity index (χ0v) is 12.1. The van der Waals surface area contributed by atoms with Gasteiger partial charge in [-0.05, 0) is 19.8 Å². The van der Waals surface area contributed by atoms with E-state index in [1.165, 1.54) is 11.3 Å². The number of carbonyl (C=O) groups excluding carboxylic acids is 1. The monoisotopic (exact) mass is 298 g/mol. The molecule has 1 fully saturated rings. The molecule has 2 rings (SSSR count). The molecule has 1 amide bonds. The van der Waals surface area contributed by atoms with E-state index in [0.29, 0.717) is 32.6 Å². The van der Waals surface area contributed by atoms with Gasteiger partial charge in [-0.15, -0.1) is 11.3 Å². The summed E-state index contributed by atoms with van der Waals surface area (Å²) in [5.74, 6) is -0.308. The van der Waals surface area contributed by atoms with Crippen LogP contribution in [0.5, 0.6) is 0 Å². The number of hydrogen-bond donors (Lipinski definition) is 3. The largest absolute Gasteiger partial charge is 0.409 e. The van der Waals surface area contributed by atoms with Gasteiger partial charge in [-0.2, -0.15) is 0 Å². The predicted molar refractivity (Wildman–Crippen MR) is 74.6 cm³/mol. The number of amidine groups is 1. The first-order chi connectivity index (χ1) is 9.58. The molecule has 1 aromatic heterocycles. The molecule has 0 bridgehead atoms. The van der Waals surface area contributed by atoms with Crippen molar-refractivity contribution in [2.24, 2.45) is 16.3 Å². The van der Waals surface area contributed by atoms with E-state index in [4.69, 9.17) is 15.7 Å². The van der Waals surface area contributed by atoms with Gasteiger partial charge >= 0.3 is 0 Å². The van der Waals surface area contributed by atoms with Crippen LogP contribution in [0.3, 0.4) is 0 Å². The lowest BCUT2D eigenvalue weighted by molar-refractivity contribution is -0.131. The van der Waals surface area contributed by atoms with Crippen molar-refractivity contribution in [1.29, 1.82) is 0 Å². The first-order valence-electron chi connectivity index (χ1n) is 6.33. The lowest BCUT2D eigenvalue weighted by atomic mass is 9.78. The van der Waals surface area contributed by atoms with Crippen LogP contribution in [0.15, 0.2) is 10.5 Å². The molecule has 0 aliphatic carbocycles. The van der Waals surface area contributed by atoms with Crippen molar-refractivity contribution in [1.82, 2.24) is 10.3 Å². The first-order valence-corrected chi connectivity index (χ1v) is 7.21.